The first kappa shape index (κ1) is 14.1. The second kappa shape index (κ2) is 6.19. The van der Waals surface area contributed by atoms with Crippen molar-refractivity contribution in [1.29, 1.82) is 0 Å². The highest BCUT2D eigenvalue weighted by atomic mass is 16.5. The van der Waals surface area contributed by atoms with Crippen molar-refractivity contribution in [3.63, 3.8) is 0 Å². The van der Waals surface area contributed by atoms with Gasteiger partial charge in [-0.15, -0.1) is 0 Å². The highest BCUT2D eigenvalue weighted by molar-refractivity contribution is 5.75. The molecule has 104 valence electrons. The third-order valence-corrected chi connectivity index (χ3v) is 3.06. The lowest BCUT2D eigenvalue weighted by molar-refractivity contribution is 0.112. The fourth-order valence-corrected chi connectivity index (χ4v) is 2.00. The van der Waals surface area contributed by atoms with Gasteiger partial charge in [0, 0.05) is 12.6 Å². The van der Waals surface area contributed by atoms with Gasteiger partial charge in [-0.2, -0.15) is 0 Å². The number of hydrogen-bond acceptors (Lipinski definition) is 3. The van der Waals surface area contributed by atoms with E-state index in [9.17, 15) is 9.59 Å². The Morgan fingerprint density at radius 2 is 2.05 bits per heavy atom. The van der Waals surface area contributed by atoms with E-state index < -0.39 is 0 Å². The quantitative estimate of drug-likeness (QED) is 0.785. The number of benzene rings is 1. The summed E-state index contributed by atoms with van der Waals surface area (Å²) in [4.78, 5) is 22.7. The van der Waals surface area contributed by atoms with E-state index in [1.807, 2.05) is 31.2 Å². The zero-order valence-electron chi connectivity index (χ0n) is 11.6. The van der Waals surface area contributed by atoms with E-state index in [1.54, 1.807) is 19.2 Å². The zero-order valence-corrected chi connectivity index (χ0v) is 11.6. The molecule has 0 N–H and O–H groups in total. The summed E-state index contributed by atoms with van der Waals surface area (Å²) in [6.45, 7) is 2.71. The molecule has 20 heavy (non-hydrogen) atoms. The number of carbonyl (C=O) groups is 1. The van der Waals surface area contributed by atoms with Gasteiger partial charge in [-0.05, 0) is 30.7 Å². The number of aromatic nitrogens is 1. The van der Waals surface area contributed by atoms with Gasteiger partial charge in [-0.3, -0.25) is 9.59 Å². The van der Waals surface area contributed by atoms with E-state index >= 15 is 0 Å². The van der Waals surface area contributed by atoms with Gasteiger partial charge in [0.05, 0.1) is 17.9 Å². The molecule has 0 unspecified atom stereocenters. The fraction of sp³-hybridized carbons (Fsp3) is 0.250. The van der Waals surface area contributed by atoms with Crippen molar-refractivity contribution < 1.29 is 9.53 Å². The molecule has 0 spiro atoms. The molecule has 0 aliphatic rings. The van der Waals surface area contributed by atoms with Crippen molar-refractivity contribution in [2.24, 2.45) is 7.05 Å². The molecule has 2 aromatic rings. The number of aldehydes is 1. The largest absolute Gasteiger partial charge is 0.494 e. The van der Waals surface area contributed by atoms with Crippen LogP contribution in [0.5, 0.6) is 5.75 Å². The first-order valence-corrected chi connectivity index (χ1v) is 6.55. The molecule has 1 heterocycles. The number of hydrogen-bond donors (Lipinski definition) is 0. The van der Waals surface area contributed by atoms with Crippen LogP contribution in [0.15, 0.2) is 41.2 Å². The van der Waals surface area contributed by atoms with Crippen LogP contribution in [0.1, 0.15) is 23.7 Å². The SMILES string of the molecule is CCCOc1cccc(-c2ccc(C=O)c(=O)n2C)c1. The molecule has 0 saturated heterocycles. The molecule has 2 rings (SSSR count). The first-order valence-electron chi connectivity index (χ1n) is 6.55. The Balaban J connectivity index is 2.44. The first-order chi connectivity index (χ1) is 9.67. The topological polar surface area (TPSA) is 48.3 Å². The summed E-state index contributed by atoms with van der Waals surface area (Å²) in [5.41, 5.74) is 1.50. The number of nitrogens with zero attached hydrogens (tertiary/aromatic N) is 1. The lowest BCUT2D eigenvalue weighted by atomic mass is 10.1. The van der Waals surface area contributed by atoms with Crippen molar-refractivity contribution in [1.82, 2.24) is 4.57 Å². The molecule has 4 heteroatoms. The van der Waals surface area contributed by atoms with Crippen molar-refractivity contribution in [3.8, 4) is 17.0 Å². The van der Waals surface area contributed by atoms with E-state index in [4.69, 9.17) is 4.74 Å². The van der Waals surface area contributed by atoms with Gasteiger partial charge in [-0.1, -0.05) is 19.1 Å². The Morgan fingerprint density at radius 1 is 1.25 bits per heavy atom. The average molecular weight is 271 g/mol. The van der Waals surface area contributed by atoms with E-state index in [-0.39, 0.29) is 11.1 Å². The predicted octanol–water partition coefficient (Wildman–Crippen LogP) is 2.65. The van der Waals surface area contributed by atoms with Gasteiger partial charge in [0.25, 0.3) is 5.56 Å². The van der Waals surface area contributed by atoms with Crippen LogP contribution in [-0.2, 0) is 7.05 Å². The van der Waals surface area contributed by atoms with Crippen LogP contribution >= 0.6 is 0 Å². The minimum atomic E-state index is -0.294. The summed E-state index contributed by atoms with van der Waals surface area (Å²) in [5, 5.41) is 0. The normalized spacial score (nSPS) is 10.3. The Morgan fingerprint density at radius 3 is 2.75 bits per heavy atom. The second-order valence-corrected chi connectivity index (χ2v) is 4.53. The molecule has 0 saturated carbocycles. The standard InChI is InChI=1S/C16H17NO3/c1-3-9-20-14-6-4-5-12(10-14)15-8-7-13(11-18)16(19)17(15)2/h4-8,10-11H,3,9H2,1-2H3. The third kappa shape index (κ3) is 2.79. The van der Waals surface area contributed by atoms with Crippen molar-refractivity contribution in [2.45, 2.75) is 13.3 Å². The van der Waals surface area contributed by atoms with Crippen LogP contribution < -0.4 is 10.3 Å². The Hall–Kier alpha value is -2.36. The van der Waals surface area contributed by atoms with Crippen LogP contribution in [0.4, 0.5) is 0 Å². The maximum Gasteiger partial charge on any atom is 0.261 e. The molecule has 0 aliphatic carbocycles. The molecular formula is C16H17NO3. The van der Waals surface area contributed by atoms with Gasteiger partial charge < -0.3 is 9.30 Å². The maximum absolute atomic E-state index is 12.0. The van der Waals surface area contributed by atoms with Crippen LogP contribution in [-0.4, -0.2) is 17.5 Å². The summed E-state index contributed by atoms with van der Waals surface area (Å²) in [6, 6.07) is 10.9. The van der Waals surface area contributed by atoms with E-state index in [0.717, 1.165) is 23.4 Å². The summed E-state index contributed by atoms with van der Waals surface area (Å²) in [5.74, 6) is 0.774. The minimum absolute atomic E-state index is 0.162. The lowest BCUT2D eigenvalue weighted by Gasteiger charge is -2.11. The zero-order chi connectivity index (χ0) is 14.5. The van der Waals surface area contributed by atoms with Gasteiger partial charge in [0.1, 0.15) is 5.75 Å². The molecule has 1 aromatic carbocycles. The molecule has 0 atom stereocenters. The number of carbonyl (C=O) groups excluding carboxylic acids is 1. The predicted molar refractivity (Wildman–Crippen MR) is 78.3 cm³/mol. The third-order valence-electron chi connectivity index (χ3n) is 3.06. The number of rotatable bonds is 5. The summed E-state index contributed by atoms with van der Waals surface area (Å²) in [7, 11) is 1.66. The Bertz CT molecular complexity index is 674. The van der Waals surface area contributed by atoms with E-state index in [1.165, 1.54) is 4.57 Å². The smallest absolute Gasteiger partial charge is 0.261 e. The summed E-state index contributed by atoms with van der Waals surface area (Å²) >= 11 is 0. The molecule has 0 aliphatic heterocycles. The molecule has 1 aromatic heterocycles. The molecule has 0 radical (unpaired) electrons. The van der Waals surface area contributed by atoms with Crippen LogP contribution in [0.3, 0.4) is 0 Å². The van der Waals surface area contributed by atoms with Gasteiger partial charge in [-0.25, -0.2) is 0 Å². The van der Waals surface area contributed by atoms with E-state index in [0.29, 0.717) is 12.9 Å². The molecular weight excluding hydrogens is 254 g/mol. The van der Waals surface area contributed by atoms with Crippen molar-refractivity contribution in [3.05, 3.63) is 52.3 Å². The monoisotopic (exact) mass is 271 g/mol. The minimum Gasteiger partial charge on any atom is -0.494 e. The Labute approximate surface area is 117 Å². The highest BCUT2D eigenvalue weighted by Crippen LogP contribution is 2.22. The number of pyridine rings is 1. The highest BCUT2D eigenvalue weighted by Gasteiger charge is 2.07. The number of ether oxygens (including phenoxy) is 1. The molecule has 0 fully saturated rings. The summed E-state index contributed by atoms with van der Waals surface area (Å²) in [6.07, 6.45) is 1.52. The molecule has 4 nitrogen and oxygen atoms in total. The Kier molecular flexibility index (Phi) is 4.35. The lowest BCUT2D eigenvalue weighted by Crippen LogP contribution is -2.21. The molecule has 0 bridgehead atoms. The second-order valence-electron chi connectivity index (χ2n) is 4.53. The van der Waals surface area contributed by atoms with Crippen LogP contribution in [0.25, 0.3) is 11.3 Å². The van der Waals surface area contributed by atoms with Gasteiger partial charge in [0.2, 0.25) is 0 Å². The van der Waals surface area contributed by atoms with Gasteiger partial charge in [0.15, 0.2) is 6.29 Å². The summed E-state index contributed by atoms with van der Waals surface area (Å²) < 4.78 is 7.06. The van der Waals surface area contributed by atoms with Crippen molar-refractivity contribution in [2.75, 3.05) is 6.61 Å². The molecule has 0 amide bonds. The van der Waals surface area contributed by atoms with Crippen molar-refractivity contribution >= 4 is 6.29 Å². The maximum atomic E-state index is 12.0. The average Bonchev–Trinajstić information content (AvgIpc) is 2.48. The van der Waals surface area contributed by atoms with E-state index in [2.05, 4.69) is 0 Å². The fourth-order valence-electron chi connectivity index (χ4n) is 2.00. The van der Waals surface area contributed by atoms with Crippen LogP contribution in [0, 0.1) is 0 Å². The van der Waals surface area contributed by atoms with Gasteiger partial charge >= 0.3 is 0 Å². The van der Waals surface area contributed by atoms with Crippen LogP contribution in [0.2, 0.25) is 0 Å².